The summed E-state index contributed by atoms with van der Waals surface area (Å²) in [7, 11) is 0. The molecule has 0 aromatic rings. The Morgan fingerprint density at radius 2 is 1.62 bits per heavy atom. The summed E-state index contributed by atoms with van der Waals surface area (Å²) in [5, 5.41) is 18.2. The van der Waals surface area contributed by atoms with Crippen LogP contribution < -0.4 is 0 Å². The Hall–Kier alpha value is -1.32. The minimum atomic E-state index is -1.09. The van der Waals surface area contributed by atoms with Crippen molar-refractivity contribution >= 4 is 11.9 Å². The molecule has 1 aliphatic carbocycles. The predicted molar refractivity (Wildman–Crippen MR) is 59.2 cm³/mol. The smallest absolute Gasteiger partial charge is 0.332 e. The van der Waals surface area contributed by atoms with Crippen molar-refractivity contribution in [2.45, 2.75) is 45.4 Å². The zero-order chi connectivity index (χ0) is 12.1. The van der Waals surface area contributed by atoms with Crippen molar-refractivity contribution < 1.29 is 19.8 Å². The van der Waals surface area contributed by atoms with Crippen LogP contribution >= 0.6 is 0 Å². The predicted octanol–water partition coefficient (Wildman–Crippen LogP) is 2.44. The van der Waals surface area contributed by atoms with Gasteiger partial charge in [-0.2, -0.15) is 0 Å². The Kier molecular flexibility index (Phi) is 4.52. The maximum atomic E-state index is 11.2. The van der Waals surface area contributed by atoms with Crippen LogP contribution in [0.4, 0.5) is 0 Å². The van der Waals surface area contributed by atoms with Gasteiger partial charge in [0.15, 0.2) is 0 Å². The summed E-state index contributed by atoms with van der Waals surface area (Å²) in [5.41, 5.74) is 0.203. The second-order valence-corrected chi connectivity index (χ2v) is 4.19. The molecule has 16 heavy (non-hydrogen) atoms. The summed E-state index contributed by atoms with van der Waals surface area (Å²) >= 11 is 0. The van der Waals surface area contributed by atoms with Crippen LogP contribution in [-0.2, 0) is 9.59 Å². The molecule has 0 bridgehead atoms. The first kappa shape index (κ1) is 12.7. The lowest BCUT2D eigenvalue weighted by atomic mass is 9.81. The van der Waals surface area contributed by atoms with Crippen molar-refractivity contribution in [3.05, 3.63) is 11.1 Å². The normalized spacial score (nSPS) is 19.1. The Morgan fingerprint density at radius 1 is 1.06 bits per heavy atom. The number of rotatable bonds is 4. The van der Waals surface area contributed by atoms with Crippen LogP contribution in [0.5, 0.6) is 0 Å². The lowest BCUT2D eigenvalue weighted by Crippen LogP contribution is -2.20. The van der Waals surface area contributed by atoms with Gasteiger partial charge in [0.05, 0.1) is 5.57 Å². The van der Waals surface area contributed by atoms with Crippen LogP contribution in [0, 0.1) is 5.92 Å². The Morgan fingerprint density at radius 3 is 2.00 bits per heavy atom. The molecular weight excluding hydrogens is 208 g/mol. The van der Waals surface area contributed by atoms with Gasteiger partial charge in [0.25, 0.3) is 0 Å². The molecule has 0 amide bonds. The zero-order valence-corrected chi connectivity index (χ0v) is 9.53. The zero-order valence-electron chi connectivity index (χ0n) is 9.53. The van der Waals surface area contributed by atoms with E-state index in [-0.39, 0.29) is 23.5 Å². The van der Waals surface area contributed by atoms with Crippen molar-refractivity contribution in [3.8, 4) is 0 Å². The van der Waals surface area contributed by atoms with Crippen LogP contribution in [0.3, 0.4) is 0 Å². The van der Waals surface area contributed by atoms with E-state index in [4.69, 9.17) is 10.2 Å². The molecule has 1 fully saturated rings. The Labute approximate surface area is 95.0 Å². The molecular formula is C12H18O4. The summed E-state index contributed by atoms with van der Waals surface area (Å²) in [6, 6.07) is 0. The number of aliphatic carboxylic acids is 2. The molecule has 4 heteroatoms. The molecule has 90 valence electrons. The number of hydrogen-bond acceptors (Lipinski definition) is 2. The average molecular weight is 226 g/mol. The van der Waals surface area contributed by atoms with Gasteiger partial charge in [-0.15, -0.1) is 0 Å². The van der Waals surface area contributed by atoms with Gasteiger partial charge in [-0.25, -0.2) is 9.59 Å². The maximum Gasteiger partial charge on any atom is 0.332 e. The van der Waals surface area contributed by atoms with Gasteiger partial charge in [0, 0.05) is 5.57 Å². The molecule has 2 N–H and O–H groups in total. The molecule has 4 nitrogen and oxygen atoms in total. The van der Waals surface area contributed by atoms with Gasteiger partial charge in [-0.1, -0.05) is 26.2 Å². The van der Waals surface area contributed by atoms with Crippen molar-refractivity contribution in [2.24, 2.45) is 5.92 Å². The van der Waals surface area contributed by atoms with Gasteiger partial charge >= 0.3 is 11.9 Å². The van der Waals surface area contributed by atoms with Crippen molar-refractivity contribution in [1.82, 2.24) is 0 Å². The van der Waals surface area contributed by atoms with Crippen LogP contribution in [0.2, 0.25) is 0 Å². The summed E-state index contributed by atoms with van der Waals surface area (Å²) < 4.78 is 0. The highest BCUT2D eigenvalue weighted by Gasteiger charge is 2.27. The van der Waals surface area contributed by atoms with Crippen LogP contribution in [0.25, 0.3) is 0 Å². The van der Waals surface area contributed by atoms with Crippen LogP contribution in [0.15, 0.2) is 11.1 Å². The molecule has 0 aromatic carbocycles. The van der Waals surface area contributed by atoms with Crippen molar-refractivity contribution in [3.63, 3.8) is 0 Å². The fourth-order valence-corrected chi connectivity index (χ4v) is 2.40. The minimum absolute atomic E-state index is 0.0689. The number of carboxylic acid groups (broad SMARTS) is 2. The van der Waals surface area contributed by atoms with Gasteiger partial charge in [-0.05, 0) is 25.2 Å². The maximum absolute atomic E-state index is 11.2. The largest absolute Gasteiger partial charge is 0.478 e. The lowest BCUT2D eigenvalue weighted by molar-refractivity contribution is -0.136. The van der Waals surface area contributed by atoms with Crippen LogP contribution in [-0.4, -0.2) is 22.2 Å². The molecule has 1 rings (SSSR count). The first-order valence-corrected chi connectivity index (χ1v) is 5.77. The summed E-state index contributed by atoms with van der Waals surface area (Å²) in [4.78, 5) is 22.2. The molecule has 0 spiro atoms. The number of carboxylic acids is 2. The third kappa shape index (κ3) is 2.84. The Balaban J connectivity index is 3.04. The minimum Gasteiger partial charge on any atom is -0.478 e. The number of hydrogen-bond donors (Lipinski definition) is 2. The molecule has 0 aliphatic heterocycles. The van der Waals surface area contributed by atoms with E-state index in [0.717, 1.165) is 32.1 Å². The molecule has 0 saturated heterocycles. The molecule has 1 saturated carbocycles. The van der Waals surface area contributed by atoms with E-state index in [2.05, 4.69) is 0 Å². The first-order chi connectivity index (χ1) is 7.57. The second kappa shape index (κ2) is 5.68. The van der Waals surface area contributed by atoms with E-state index >= 15 is 0 Å². The third-order valence-corrected chi connectivity index (χ3v) is 3.18. The molecule has 0 radical (unpaired) electrons. The molecule has 0 atom stereocenters. The average Bonchev–Trinajstić information content (AvgIpc) is 2.25. The highest BCUT2D eigenvalue weighted by molar-refractivity contribution is 5.99. The monoisotopic (exact) mass is 226 g/mol. The van der Waals surface area contributed by atoms with E-state index in [1.54, 1.807) is 6.92 Å². The quantitative estimate of drug-likeness (QED) is 0.722. The first-order valence-electron chi connectivity index (χ1n) is 5.77. The van der Waals surface area contributed by atoms with Crippen LogP contribution in [0.1, 0.15) is 45.4 Å². The van der Waals surface area contributed by atoms with E-state index in [9.17, 15) is 9.59 Å². The standard InChI is InChI=1S/C12H18O4/c1-2-9(11(13)14)10(12(15)16)8-6-4-3-5-7-8/h8H,2-7H2,1H3,(H,13,14)(H,15,16)/b10-9-. The Bertz CT molecular complexity index is 311. The highest BCUT2D eigenvalue weighted by Crippen LogP contribution is 2.32. The van der Waals surface area contributed by atoms with Crippen molar-refractivity contribution in [2.75, 3.05) is 0 Å². The topological polar surface area (TPSA) is 74.6 Å². The van der Waals surface area contributed by atoms with Gasteiger partial charge < -0.3 is 10.2 Å². The van der Waals surface area contributed by atoms with Gasteiger partial charge in [-0.3, -0.25) is 0 Å². The lowest BCUT2D eigenvalue weighted by Gasteiger charge is -2.23. The third-order valence-electron chi connectivity index (χ3n) is 3.18. The van der Waals surface area contributed by atoms with Gasteiger partial charge in [0.1, 0.15) is 0 Å². The van der Waals surface area contributed by atoms with E-state index in [0.29, 0.717) is 0 Å². The van der Waals surface area contributed by atoms with E-state index < -0.39 is 11.9 Å². The molecule has 0 unspecified atom stereocenters. The molecule has 1 aliphatic rings. The summed E-state index contributed by atoms with van der Waals surface area (Å²) in [6.45, 7) is 1.69. The summed E-state index contributed by atoms with van der Waals surface area (Å²) in [5.74, 6) is -2.23. The SMILES string of the molecule is CC/C(C(=O)O)=C(/C(=O)O)C1CCCCC1. The van der Waals surface area contributed by atoms with Gasteiger partial charge in [0.2, 0.25) is 0 Å². The fourth-order valence-electron chi connectivity index (χ4n) is 2.40. The molecule has 0 heterocycles. The molecule has 0 aromatic heterocycles. The second-order valence-electron chi connectivity index (χ2n) is 4.19. The summed E-state index contributed by atoms with van der Waals surface area (Å²) in [6.07, 6.45) is 5.00. The highest BCUT2D eigenvalue weighted by atomic mass is 16.4. The fraction of sp³-hybridized carbons (Fsp3) is 0.667. The van der Waals surface area contributed by atoms with E-state index in [1.165, 1.54) is 0 Å². The number of carbonyl (C=O) groups is 2. The van der Waals surface area contributed by atoms with E-state index in [1.807, 2.05) is 0 Å². The van der Waals surface area contributed by atoms with Crippen molar-refractivity contribution in [1.29, 1.82) is 0 Å².